The van der Waals surface area contributed by atoms with Gasteiger partial charge in [0.15, 0.2) is 0 Å². The minimum atomic E-state index is -1.20. The number of anilines is 1. The number of carboxylic acids is 1. The molecule has 2 amide bonds. The van der Waals surface area contributed by atoms with E-state index in [0.717, 1.165) is 18.9 Å². The van der Waals surface area contributed by atoms with Crippen molar-refractivity contribution in [2.24, 2.45) is 5.92 Å². The van der Waals surface area contributed by atoms with Gasteiger partial charge in [0.1, 0.15) is 5.75 Å². The molecule has 0 bridgehead atoms. The van der Waals surface area contributed by atoms with Crippen molar-refractivity contribution >= 4 is 17.7 Å². The van der Waals surface area contributed by atoms with Gasteiger partial charge in [0.25, 0.3) is 0 Å². The SMILES string of the molecule is CC(NC(=O)Nc1ccc(O)cc1C(=O)O)C1CCCC1. The molecule has 21 heavy (non-hydrogen) atoms. The van der Waals surface area contributed by atoms with Crippen molar-refractivity contribution in [3.8, 4) is 5.75 Å². The summed E-state index contributed by atoms with van der Waals surface area (Å²) in [7, 11) is 0. The topological polar surface area (TPSA) is 98.7 Å². The highest BCUT2D eigenvalue weighted by atomic mass is 16.4. The highest BCUT2D eigenvalue weighted by molar-refractivity contribution is 6.00. The molecule has 0 spiro atoms. The molecule has 4 N–H and O–H groups in total. The van der Waals surface area contributed by atoms with Crippen LogP contribution in [-0.2, 0) is 0 Å². The fourth-order valence-electron chi connectivity index (χ4n) is 2.76. The molecule has 1 aliphatic rings. The smallest absolute Gasteiger partial charge is 0.337 e. The lowest BCUT2D eigenvalue weighted by Crippen LogP contribution is -2.40. The van der Waals surface area contributed by atoms with Crippen molar-refractivity contribution in [2.45, 2.75) is 38.6 Å². The predicted octanol–water partition coefficient (Wildman–Crippen LogP) is 2.79. The number of carboxylic acid groups (broad SMARTS) is 1. The summed E-state index contributed by atoms with van der Waals surface area (Å²) in [5, 5.41) is 23.8. The third-order valence-electron chi connectivity index (χ3n) is 3.95. The van der Waals surface area contributed by atoms with Crippen LogP contribution >= 0.6 is 0 Å². The molecule has 1 aromatic rings. The molecule has 1 atom stereocenters. The number of benzene rings is 1. The van der Waals surface area contributed by atoms with Crippen LogP contribution < -0.4 is 10.6 Å². The molecular weight excluding hydrogens is 272 g/mol. The first-order valence-corrected chi connectivity index (χ1v) is 7.11. The number of rotatable bonds is 4. The Hall–Kier alpha value is -2.24. The monoisotopic (exact) mass is 292 g/mol. The fraction of sp³-hybridized carbons (Fsp3) is 0.467. The lowest BCUT2D eigenvalue weighted by atomic mass is 10.0. The Balaban J connectivity index is 2.00. The van der Waals surface area contributed by atoms with E-state index in [1.165, 1.54) is 25.0 Å². The van der Waals surface area contributed by atoms with E-state index in [1.807, 2.05) is 6.92 Å². The molecule has 6 heteroatoms. The summed E-state index contributed by atoms with van der Waals surface area (Å²) < 4.78 is 0. The second kappa shape index (κ2) is 6.47. The van der Waals surface area contributed by atoms with Gasteiger partial charge < -0.3 is 20.8 Å². The van der Waals surface area contributed by atoms with Crippen molar-refractivity contribution < 1.29 is 19.8 Å². The van der Waals surface area contributed by atoms with Crippen LogP contribution in [0.25, 0.3) is 0 Å². The second-order valence-electron chi connectivity index (χ2n) is 5.47. The Bertz CT molecular complexity index is 538. The largest absolute Gasteiger partial charge is 0.508 e. The molecule has 114 valence electrons. The lowest BCUT2D eigenvalue weighted by molar-refractivity contribution is 0.0697. The number of amides is 2. The van der Waals surface area contributed by atoms with Gasteiger partial charge in [0.2, 0.25) is 0 Å². The summed E-state index contributed by atoms with van der Waals surface area (Å²) >= 11 is 0. The zero-order valence-corrected chi connectivity index (χ0v) is 11.9. The number of aromatic carboxylic acids is 1. The first-order chi connectivity index (χ1) is 9.97. The minimum Gasteiger partial charge on any atom is -0.508 e. The highest BCUT2D eigenvalue weighted by Gasteiger charge is 2.23. The summed E-state index contributed by atoms with van der Waals surface area (Å²) in [4.78, 5) is 23.1. The number of hydrogen-bond donors (Lipinski definition) is 4. The van der Waals surface area contributed by atoms with Gasteiger partial charge in [-0.25, -0.2) is 9.59 Å². The highest BCUT2D eigenvalue weighted by Crippen LogP contribution is 2.27. The van der Waals surface area contributed by atoms with Crippen LogP contribution in [0.2, 0.25) is 0 Å². The maximum absolute atomic E-state index is 12.0. The van der Waals surface area contributed by atoms with E-state index in [9.17, 15) is 14.7 Å². The molecular formula is C15H20N2O4. The van der Waals surface area contributed by atoms with Gasteiger partial charge in [0.05, 0.1) is 11.3 Å². The average Bonchev–Trinajstić information content (AvgIpc) is 2.94. The zero-order valence-electron chi connectivity index (χ0n) is 11.9. The lowest BCUT2D eigenvalue weighted by Gasteiger charge is -2.20. The molecule has 1 saturated carbocycles. The summed E-state index contributed by atoms with van der Waals surface area (Å²) in [6.07, 6.45) is 4.61. The van der Waals surface area contributed by atoms with Gasteiger partial charge in [-0.2, -0.15) is 0 Å². The number of carbonyl (C=O) groups excluding carboxylic acids is 1. The summed E-state index contributed by atoms with van der Waals surface area (Å²) in [6, 6.07) is 3.44. The number of phenolic OH excluding ortho intramolecular Hbond substituents is 1. The van der Waals surface area contributed by atoms with Crippen LogP contribution in [0.1, 0.15) is 43.0 Å². The van der Waals surface area contributed by atoms with E-state index in [1.54, 1.807) is 0 Å². The van der Waals surface area contributed by atoms with Gasteiger partial charge in [-0.05, 0) is 43.9 Å². The summed E-state index contributed by atoms with van der Waals surface area (Å²) in [6.45, 7) is 1.96. The van der Waals surface area contributed by atoms with Gasteiger partial charge in [-0.15, -0.1) is 0 Å². The van der Waals surface area contributed by atoms with Gasteiger partial charge >= 0.3 is 12.0 Å². The Morgan fingerprint density at radius 2 is 1.95 bits per heavy atom. The Kier molecular flexibility index (Phi) is 4.67. The van der Waals surface area contributed by atoms with Crippen molar-refractivity contribution in [1.82, 2.24) is 5.32 Å². The van der Waals surface area contributed by atoms with E-state index >= 15 is 0 Å². The van der Waals surface area contributed by atoms with E-state index in [4.69, 9.17) is 5.11 Å². The van der Waals surface area contributed by atoms with Crippen molar-refractivity contribution in [3.63, 3.8) is 0 Å². The molecule has 6 nitrogen and oxygen atoms in total. The van der Waals surface area contributed by atoms with Crippen LogP contribution in [0, 0.1) is 5.92 Å². The van der Waals surface area contributed by atoms with Crippen LogP contribution in [0.3, 0.4) is 0 Å². The van der Waals surface area contributed by atoms with Crippen LogP contribution in [-0.4, -0.2) is 28.3 Å². The molecule has 1 unspecified atom stereocenters. The van der Waals surface area contributed by atoms with E-state index in [2.05, 4.69) is 10.6 Å². The molecule has 2 rings (SSSR count). The standard InChI is InChI=1S/C15H20N2O4/c1-9(10-4-2-3-5-10)16-15(21)17-13-7-6-11(18)8-12(13)14(19)20/h6-10,18H,2-5H2,1H3,(H,19,20)(H2,16,17,21). The average molecular weight is 292 g/mol. The molecule has 0 aliphatic heterocycles. The second-order valence-corrected chi connectivity index (χ2v) is 5.47. The fourth-order valence-corrected chi connectivity index (χ4v) is 2.76. The predicted molar refractivity (Wildman–Crippen MR) is 78.6 cm³/mol. The summed E-state index contributed by atoms with van der Waals surface area (Å²) in [5.74, 6) is -0.878. The molecule has 0 radical (unpaired) electrons. The molecule has 0 saturated heterocycles. The number of aromatic hydroxyl groups is 1. The number of phenols is 1. The first kappa shape index (κ1) is 15.2. The number of urea groups is 1. The van der Waals surface area contributed by atoms with E-state index < -0.39 is 12.0 Å². The van der Waals surface area contributed by atoms with Crippen molar-refractivity contribution in [3.05, 3.63) is 23.8 Å². The minimum absolute atomic E-state index is 0.0536. The number of carbonyl (C=O) groups is 2. The number of nitrogens with one attached hydrogen (secondary N) is 2. The van der Waals surface area contributed by atoms with Gasteiger partial charge in [0, 0.05) is 6.04 Å². The van der Waals surface area contributed by atoms with E-state index in [-0.39, 0.29) is 23.0 Å². The molecule has 1 fully saturated rings. The van der Waals surface area contributed by atoms with Crippen molar-refractivity contribution in [1.29, 1.82) is 0 Å². The summed E-state index contributed by atoms with van der Waals surface area (Å²) in [5.41, 5.74) is 0.0232. The Morgan fingerprint density at radius 1 is 1.29 bits per heavy atom. The molecule has 1 aliphatic carbocycles. The Labute approximate surface area is 123 Å². The quantitative estimate of drug-likeness (QED) is 0.641. The third kappa shape index (κ3) is 3.87. The van der Waals surface area contributed by atoms with Crippen LogP contribution in [0.4, 0.5) is 10.5 Å². The van der Waals surface area contributed by atoms with E-state index in [0.29, 0.717) is 5.92 Å². The molecule has 0 heterocycles. The van der Waals surface area contributed by atoms with Gasteiger partial charge in [-0.3, -0.25) is 0 Å². The molecule has 0 aromatic heterocycles. The maximum atomic E-state index is 12.0. The number of hydrogen-bond acceptors (Lipinski definition) is 3. The van der Waals surface area contributed by atoms with Crippen molar-refractivity contribution in [2.75, 3.05) is 5.32 Å². The zero-order chi connectivity index (χ0) is 15.4. The maximum Gasteiger partial charge on any atom is 0.337 e. The van der Waals surface area contributed by atoms with Crippen LogP contribution in [0.5, 0.6) is 5.75 Å². The third-order valence-corrected chi connectivity index (χ3v) is 3.95. The normalized spacial score (nSPS) is 16.4. The Morgan fingerprint density at radius 3 is 2.57 bits per heavy atom. The van der Waals surface area contributed by atoms with Crippen LogP contribution in [0.15, 0.2) is 18.2 Å². The molecule has 1 aromatic carbocycles. The van der Waals surface area contributed by atoms with Gasteiger partial charge in [-0.1, -0.05) is 12.8 Å². The first-order valence-electron chi connectivity index (χ1n) is 7.11.